The van der Waals surface area contributed by atoms with E-state index in [2.05, 4.69) is 0 Å². The van der Waals surface area contributed by atoms with E-state index in [4.69, 9.17) is 21.4 Å². The van der Waals surface area contributed by atoms with E-state index in [1.807, 2.05) is 0 Å². The van der Waals surface area contributed by atoms with Crippen molar-refractivity contribution in [3.63, 3.8) is 0 Å². The maximum Gasteiger partial charge on any atom is 0.334 e. The molecular formula is C5H7ClO3. The minimum Gasteiger partial charge on any atom is -0.479 e. The van der Waals surface area contributed by atoms with Crippen molar-refractivity contribution in [1.82, 2.24) is 0 Å². The van der Waals surface area contributed by atoms with Crippen LogP contribution in [0.2, 0.25) is 0 Å². The minimum absolute atomic E-state index is 0.345. The second-order valence-corrected chi connectivity index (χ2v) is 2.49. The van der Waals surface area contributed by atoms with Gasteiger partial charge in [0.05, 0.1) is 5.38 Å². The summed E-state index contributed by atoms with van der Waals surface area (Å²) in [6.45, 7) is 0.463. The van der Waals surface area contributed by atoms with E-state index in [9.17, 15) is 4.79 Å². The van der Waals surface area contributed by atoms with Crippen molar-refractivity contribution in [1.29, 1.82) is 0 Å². The fraction of sp³-hybridized carbons (Fsp3) is 0.800. The van der Waals surface area contributed by atoms with E-state index >= 15 is 0 Å². The third-order valence-electron chi connectivity index (χ3n) is 1.26. The molecule has 0 spiro atoms. The predicted molar refractivity (Wildman–Crippen MR) is 31.6 cm³/mol. The lowest BCUT2D eigenvalue weighted by atomic mass is 10.2. The highest BCUT2D eigenvalue weighted by atomic mass is 35.5. The van der Waals surface area contributed by atoms with Crippen LogP contribution in [0, 0.1) is 0 Å². The summed E-state index contributed by atoms with van der Waals surface area (Å²) in [4.78, 5) is 10.2. The molecule has 0 aromatic heterocycles. The third-order valence-corrected chi connectivity index (χ3v) is 1.71. The van der Waals surface area contributed by atoms with Gasteiger partial charge in [-0.1, -0.05) is 0 Å². The summed E-state index contributed by atoms with van der Waals surface area (Å²) in [5.74, 6) is -0.965. The fourth-order valence-electron chi connectivity index (χ4n) is 0.789. The Balaban J connectivity index is 2.49. The van der Waals surface area contributed by atoms with Crippen LogP contribution in [0.5, 0.6) is 0 Å². The third kappa shape index (κ3) is 1.34. The van der Waals surface area contributed by atoms with Crippen LogP contribution < -0.4 is 0 Å². The van der Waals surface area contributed by atoms with Crippen molar-refractivity contribution in [3.8, 4) is 0 Å². The molecule has 4 heteroatoms. The molecule has 1 N–H and O–H groups in total. The Morgan fingerprint density at radius 2 is 2.44 bits per heavy atom. The number of aliphatic carboxylic acids is 1. The van der Waals surface area contributed by atoms with Gasteiger partial charge >= 0.3 is 5.97 Å². The average Bonchev–Trinajstić information content (AvgIpc) is 2.13. The van der Waals surface area contributed by atoms with Gasteiger partial charge in [0, 0.05) is 6.61 Å². The van der Waals surface area contributed by atoms with Crippen molar-refractivity contribution in [2.45, 2.75) is 17.9 Å². The maximum atomic E-state index is 10.2. The lowest BCUT2D eigenvalue weighted by Gasteiger charge is -2.04. The largest absolute Gasteiger partial charge is 0.479 e. The molecule has 0 bridgehead atoms. The van der Waals surface area contributed by atoms with Gasteiger partial charge < -0.3 is 9.84 Å². The molecule has 0 radical (unpaired) electrons. The van der Waals surface area contributed by atoms with Crippen molar-refractivity contribution in [2.24, 2.45) is 0 Å². The van der Waals surface area contributed by atoms with Crippen molar-refractivity contribution in [3.05, 3.63) is 0 Å². The van der Waals surface area contributed by atoms with Crippen LogP contribution >= 0.6 is 11.6 Å². The summed E-state index contributed by atoms with van der Waals surface area (Å²) in [6, 6.07) is 0. The summed E-state index contributed by atoms with van der Waals surface area (Å²) in [7, 11) is 0. The van der Waals surface area contributed by atoms with E-state index in [-0.39, 0.29) is 5.38 Å². The average molecular weight is 151 g/mol. The summed E-state index contributed by atoms with van der Waals surface area (Å²) in [6.07, 6.45) is -0.148. The van der Waals surface area contributed by atoms with Gasteiger partial charge in [-0.05, 0) is 6.42 Å². The Morgan fingerprint density at radius 3 is 2.67 bits per heavy atom. The Labute approximate surface area is 57.6 Å². The number of halogens is 1. The monoisotopic (exact) mass is 150 g/mol. The Hall–Kier alpha value is -0.280. The minimum atomic E-state index is -0.965. The van der Waals surface area contributed by atoms with E-state index in [1.165, 1.54) is 0 Å². The second kappa shape index (κ2) is 2.54. The number of carbonyl (C=O) groups is 1. The summed E-state index contributed by atoms with van der Waals surface area (Å²) in [5, 5.41) is 8.03. The molecule has 2 unspecified atom stereocenters. The lowest BCUT2D eigenvalue weighted by Crippen LogP contribution is -2.26. The first kappa shape index (κ1) is 6.83. The Bertz CT molecular complexity index is 125. The molecule has 0 amide bonds. The smallest absolute Gasteiger partial charge is 0.334 e. The summed E-state index contributed by atoms with van der Waals surface area (Å²) >= 11 is 5.57. The highest BCUT2D eigenvalue weighted by Gasteiger charge is 2.32. The molecule has 1 fully saturated rings. The number of hydrogen-bond acceptors (Lipinski definition) is 2. The van der Waals surface area contributed by atoms with Gasteiger partial charge in [0.2, 0.25) is 0 Å². The SMILES string of the molecule is O=C(O)C1OCCC1Cl. The highest BCUT2D eigenvalue weighted by molar-refractivity contribution is 6.22. The Morgan fingerprint density at radius 1 is 1.78 bits per heavy atom. The van der Waals surface area contributed by atoms with Gasteiger partial charge in [-0.2, -0.15) is 0 Å². The van der Waals surface area contributed by atoms with Crippen LogP contribution in [0.25, 0.3) is 0 Å². The zero-order valence-electron chi connectivity index (χ0n) is 4.71. The normalized spacial score (nSPS) is 34.8. The molecule has 52 valence electrons. The molecule has 9 heavy (non-hydrogen) atoms. The van der Waals surface area contributed by atoms with Crippen LogP contribution in [0.4, 0.5) is 0 Å². The highest BCUT2D eigenvalue weighted by Crippen LogP contribution is 2.18. The maximum absolute atomic E-state index is 10.2. The van der Waals surface area contributed by atoms with Crippen LogP contribution in [0.1, 0.15) is 6.42 Å². The zero-order valence-corrected chi connectivity index (χ0v) is 5.47. The van der Waals surface area contributed by atoms with Crippen LogP contribution in [-0.4, -0.2) is 29.2 Å². The number of ether oxygens (including phenoxy) is 1. The van der Waals surface area contributed by atoms with E-state index < -0.39 is 12.1 Å². The van der Waals surface area contributed by atoms with Crippen molar-refractivity contribution in [2.75, 3.05) is 6.61 Å². The molecule has 1 saturated heterocycles. The van der Waals surface area contributed by atoms with Crippen LogP contribution in [-0.2, 0) is 9.53 Å². The molecule has 0 aliphatic carbocycles. The van der Waals surface area contributed by atoms with E-state index in [1.54, 1.807) is 0 Å². The van der Waals surface area contributed by atoms with Crippen LogP contribution in [0.15, 0.2) is 0 Å². The molecular weight excluding hydrogens is 144 g/mol. The standard InChI is InChI=1S/C5H7ClO3/c6-3-1-2-9-4(3)5(7)8/h3-4H,1-2H2,(H,7,8). The van der Waals surface area contributed by atoms with Gasteiger partial charge in [-0.3, -0.25) is 0 Å². The fourth-order valence-corrected chi connectivity index (χ4v) is 1.06. The molecule has 0 aromatic carbocycles. The number of alkyl halides is 1. The topological polar surface area (TPSA) is 46.5 Å². The van der Waals surface area contributed by atoms with Gasteiger partial charge in [0.1, 0.15) is 0 Å². The first-order chi connectivity index (χ1) is 4.22. The molecule has 3 nitrogen and oxygen atoms in total. The molecule has 1 aliphatic heterocycles. The van der Waals surface area contributed by atoms with Crippen LogP contribution in [0.3, 0.4) is 0 Å². The first-order valence-electron chi connectivity index (χ1n) is 2.70. The molecule has 0 aromatic rings. The number of hydrogen-bond donors (Lipinski definition) is 1. The lowest BCUT2D eigenvalue weighted by molar-refractivity contribution is -0.147. The number of carboxylic acid groups (broad SMARTS) is 1. The van der Waals surface area contributed by atoms with Crippen molar-refractivity contribution < 1.29 is 14.6 Å². The molecule has 1 rings (SSSR count). The Kier molecular flexibility index (Phi) is 1.93. The summed E-state index contributed by atoms with van der Waals surface area (Å²) in [5.41, 5.74) is 0. The molecule has 1 heterocycles. The number of rotatable bonds is 1. The predicted octanol–water partition coefficient (Wildman–Crippen LogP) is 0.467. The van der Waals surface area contributed by atoms with Gasteiger partial charge in [-0.15, -0.1) is 11.6 Å². The first-order valence-corrected chi connectivity index (χ1v) is 3.14. The quantitative estimate of drug-likeness (QED) is 0.553. The van der Waals surface area contributed by atoms with Crippen molar-refractivity contribution >= 4 is 17.6 Å². The molecule has 2 atom stereocenters. The second-order valence-electron chi connectivity index (χ2n) is 1.93. The van der Waals surface area contributed by atoms with E-state index in [0.29, 0.717) is 13.0 Å². The molecule has 1 aliphatic rings. The number of carboxylic acids is 1. The van der Waals surface area contributed by atoms with E-state index in [0.717, 1.165) is 0 Å². The summed E-state index contributed by atoms with van der Waals surface area (Å²) < 4.78 is 4.80. The van der Waals surface area contributed by atoms with Gasteiger partial charge in [0.25, 0.3) is 0 Å². The molecule has 0 saturated carbocycles. The zero-order chi connectivity index (χ0) is 6.85. The van der Waals surface area contributed by atoms with Gasteiger partial charge in [0.15, 0.2) is 6.10 Å². The van der Waals surface area contributed by atoms with Gasteiger partial charge in [-0.25, -0.2) is 4.79 Å².